The second-order valence-electron chi connectivity index (χ2n) is 6.06. The Morgan fingerprint density at radius 2 is 1.73 bits per heavy atom. The lowest BCUT2D eigenvalue weighted by Crippen LogP contribution is -2.47. The van der Waals surface area contributed by atoms with Crippen LogP contribution in [0.4, 0.5) is 10.5 Å². The Labute approximate surface area is 152 Å². The van der Waals surface area contributed by atoms with Gasteiger partial charge in [0.25, 0.3) is 0 Å². The molecule has 0 unspecified atom stereocenters. The number of nitrogens with one attached hydrogen (secondary N) is 2. The van der Waals surface area contributed by atoms with E-state index in [1.54, 1.807) is 48.5 Å². The van der Waals surface area contributed by atoms with Gasteiger partial charge in [-0.1, -0.05) is 50.2 Å². The van der Waals surface area contributed by atoms with Crippen LogP contribution in [0, 0.1) is 17.2 Å². The number of para-hydroxylation sites is 1. The average Bonchev–Trinajstić information content (AvgIpc) is 2.65. The van der Waals surface area contributed by atoms with Gasteiger partial charge in [-0.15, -0.1) is 0 Å². The molecule has 0 aliphatic carbocycles. The van der Waals surface area contributed by atoms with Crippen molar-refractivity contribution in [2.24, 2.45) is 5.92 Å². The Morgan fingerprint density at radius 3 is 2.38 bits per heavy atom. The van der Waals surface area contributed by atoms with E-state index < -0.39 is 18.0 Å². The van der Waals surface area contributed by atoms with Crippen molar-refractivity contribution in [3.63, 3.8) is 0 Å². The van der Waals surface area contributed by atoms with Crippen LogP contribution in [0.5, 0.6) is 0 Å². The zero-order valence-corrected chi connectivity index (χ0v) is 14.7. The maximum Gasteiger partial charge on any atom is 0.329 e. The third kappa shape index (κ3) is 5.35. The van der Waals surface area contributed by atoms with Crippen LogP contribution >= 0.6 is 0 Å². The SMILES string of the molecule is CC(C)[C@@H](NC(=O)Nc1ccccc1)C(=O)OCc1ccccc1C#N. The van der Waals surface area contributed by atoms with Crippen molar-refractivity contribution < 1.29 is 14.3 Å². The van der Waals surface area contributed by atoms with Gasteiger partial charge in [0.15, 0.2) is 0 Å². The molecule has 0 heterocycles. The minimum absolute atomic E-state index is 0.0201. The predicted octanol–water partition coefficient (Wildman–Crippen LogP) is 3.45. The molecule has 0 aliphatic rings. The van der Waals surface area contributed by atoms with Crippen LogP contribution < -0.4 is 10.6 Å². The van der Waals surface area contributed by atoms with Crippen molar-refractivity contribution in [1.29, 1.82) is 5.26 Å². The molecule has 26 heavy (non-hydrogen) atoms. The molecule has 2 aromatic rings. The van der Waals surface area contributed by atoms with E-state index in [0.717, 1.165) is 0 Å². The molecule has 2 N–H and O–H groups in total. The van der Waals surface area contributed by atoms with Gasteiger partial charge in [-0.3, -0.25) is 0 Å². The van der Waals surface area contributed by atoms with Crippen molar-refractivity contribution in [3.8, 4) is 6.07 Å². The quantitative estimate of drug-likeness (QED) is 0.780. The minimum atomic E-state index is -0.798. The Kier molecular flexibility index (Phi) is 6.75. The number of urea groups is 1. The molecule has 6 nitrogen and oxygen atoms in total. The van der Waals surface area contributed by atoms with E-state index in [-0.39, 0.29) is 12.5 Å². The van der Waals surface area contributed by atoms with Crippen molar-refractivity contribution in [2.75, 3.05) is 5.32 Å². The lowest BCUT2D eigenvalue weighted by molar-refractivity contribution is -0.148. The van der Waals surface area contributed by atoms with E-state index in [9.17, 15) is 9.59 Å². The van der Waals surface area contributed by atoms with E-state index in [2.05, 4.69) is 16.7 Å². The number of nitriles is 1. The first-order valence-electron chi connectivity index (χ1n) is 8.28. The molecule has 2 amide bonds. The number of carbonyl (C=O) groups is 2. The lowest BCUT2D eigenvalue weighted by atomic mass is 10.0. The second-order valence-corrected chi connectivity index (χ2v) is 6.06. The van der Waals surface area contributed by atoms with Crippen LogP contribution in [0.3, 0.4) is 0 Å². The number of ether oxygens (including phenoxy) is 1. The summed E-state index contributed by atoms with van der Waals surface area (Å²) in [6.07, 6.45) is 0. The third-order valence-electron chi connectivity index (χ3n) is 3.75. The summed E-state index contributed by atoms with van der Waals surface area (Å²) < 4.78 is 5.31. The number of nitrogens with zero attached hydrogens (tertiary/aromatic N) is 1. The first-order chi connectivity index (χ1) is 12.5. The maximum atomic E-state index is 12.4. The molecule has 134 valence electrons. The molecule has 0 aliphatic heterocycles. The molecule has 0 fully saturated rings. The number of anilines is 1. The summed E-state index contributed by atoms with van der Waals surface area (Å²) >= 11 is 0. The number of hydrogen-bond donors (Lipinski definition) is 2. The van der Waals surface area contributed by atoms with Crippen molar-refractivity contribution in [1.82, 2.24) is 5.32 Å². The highest BCUT2D eigenvalue weighted by Gasteiger charge is 2.26. The molecule has 0 radical (unpaired) electrons. The summed E-state index contributed by atoms with van der Waals surface area (Å²) in [5.74, 6) is -0.703. The topological polar surface area (TPSA) is 91.2 Å². The lowest BCUT2D eigenvalue weighted by Gasteiger charge is -2.21. The average molecular weight is 351 g/mol. The number of hydrogen-bond acceptors (Lipinski definition) is 4. The van der Waals surface area contributed by atoms with Crippen LogP contribution in [-0.2, 0) is 16.1 Å². The fourth-order valence-electron chi connectivity index (χ4n) is 2.32. The van der Waals surface area contributed by atoms with Gasteiger partial charge in [-0.2, -0.15) is 5.26 Å². The van der Waals surface area contributed by atoms with Gasteiger partial charge in [0.05, 0.1) is 11.6 Å². The van der Waals surface area contributed by atoms with E-state index in [1.807, 2.05) is 19.9 Å². The minimum Gasteiger partial charge on any atom is -0.459 e. The molecule has 0 saturated heterocycles. The largest absolute Gasteiger partial charge is 0.459 e. The molecule has 0 aromatic heterocycles. The van der Waals surface area contributed by atoms with Crippen molar-refractivity contribution in [3.05, 3.63) is 65.7 Å². The van der Waals surface area contributed by atoms with Crippen LogP contribution in [-0.4, -0.2) is 18.0 Å². The highest BCUT2D eigenvalue weighted by Crippen LogP contribution is 2.12. The van der Waals surface area contributed by atoms with Crippen molar-refractivity contribution in [2.45, 2.75) is 26.5 Å². The Bertz CT molecular complexity index is 797. The summed E-state index contributed by atoms with van der Waals surface area (Å²) in [7, 11) is 0. The standard InChI is InChI=1S/C20H21N3O3/c1-14(2)18(23-20(25)22-17-10-4-3-5-11-17)19(24)26-13-16-9-7-6-8-15(16)12-21/h3-11,14,18H,13H2,1-2H3,(H2,22,23,25)/t18-/m1/s1. The predicted molar refractivity (Wildman–Crippen MR) is 98.2 cm³/mol. The van der Waals surface area contributed by atoms with E-state index in [1.165, 1.54) is 0 Å². The fourth-order valence-corrected chi connectivity index (χ4v) is 2.32. The number of rotatable bonds is 6. The fraction of sp³-hybridized carbons (Fsp3) is 0.250. The smallest absolute Gasteiger partial charge is 0.329 e. The first kappa shape index (κ1) is 19.0. The molecule has 0 saturated carbocycles. The van der Waals surface area contributed by atoms with Crippen LogP contribution in [0.15, 0.2) is 54.6 Å². The van der Waals surface area contributed by atoms with Gasteiger partial charge in [-0.05, 0) is 24.1 Å². The van der Waals surface area contributed by atoms with Gasteiger partial charge in [0.1, 0.15) is 12.6 Å². The van der Waals surface area contributed by atoms with E-state index in [4.69, 9.17) is 10.00 Å². The van der Waals surface area contributed by atoms with Gasteiger partial charge in [0.2, 0.25) is 0 Å². The number of esters is 1. The molecule has 2 rings (SSSR count). The number of amides is 2. The Hall–Kier alpha value is -3.33. The normalized spacial score (nSPS) is 11.3. The first-order valence-corrected chi connectivity index (χ1v) is 8.28. The highest BCUT2D eigenvalue weighted by atomic mass is 16.5. The molecular weight excluding hydrogens is 330 g/mol. The van der Waals surface area contributed by atoms with Gasteiger partial charge in [0, 0.05) is 11.3 Å². The molecule has 0 spiro atoms. The van der Waals surface area contributed by atoms with Crippen LogP contribution in [0.1, 0.15) is 25.0 Å². The Balaban J connectivity index is 1.96. The van der Waals surface area contributed by atoms with Crippen molar-refractivity contribution >= 4 is 17.7 Å². The molecular formula is C20H21N3O3. The van der Waals surface area contributed by atoms with E-state index in [0.29, 0.717) is 16.8 Å². The molecule has 0 bridgehead atoms. The molecule has 6 heteroatoms. The van der Waals surface area contributed by atoms with Crippen LogP contribution in [0.2, 0.25) is 0 Å². The maximum absolute atomic E-state index is 12.4. The van der Waals surface area contributed by atoms with Gasteiger partial charge in [-0.25, -0.2) is 9.59 Å². The third-order valence-corrected chi connectivity index (χ3v) is 3.75. The zero-order valence-electron chi connectivity index (χ0n) is 14.7. The van der Waals surface area contributed by atoms with Crippen LogP contribution in [0.25, 0.3) is 0 Å². The summed E-state index contributed by atoms with van der Waals surface area (Å²) in [5.41, 5.74) is 1.71. The summed E-state index contributed by atoms with van der Waals surface area (Å²) in [4.78, 5) is 24.5. The summed E-state index contributed by atoms with van der Waals surface area (Å²) in [6.45, 7) is 3.61. The molecule has 1 atom stereocenters. The number of benzene rings is 2. The van der Waals surface area contributed by atoms with Gasteiger partial charge < -0.3 is 15.4 Å². The summed E-state index contributed by atoms with van der Waals surface area (Å²) in [6, 6.07) is 16.6. The monoisotopic (exact) mass is 351 g/mol. The highest BCUT2D eigenvalue weighted by molar-refractivity contribution is 5.92. The zero-order chi connectivity index (χ0) is 18.9. The van der Waals surface area contributed by atoms with Gasteiger partial charge >= 0.3 is 12.0 Å². The number of carbonyl (C=O) groups excluding carboxylic acids is 2. The molecule has 2 aromatic carbocycles. The summed E-state index contributed by atoms with van der Waals surface area (Å²) in [5, 5.41) is 14.4. The van der Waals surface area contributed by atoms with E-state index >= 15 is 0 Å². The Morgan fingerprint density at radius 1 is 1.08 bits per heavy atom. The second kappa shape index (κ2) is 9.23.